The summed E-state index contributed by atoms with van der Waals surface area (Å²) < 4.78 is 11.3. The van der Waals surface area contributed by atoms with Crippen LogP contribution in [-0.2, 0) is 16.1 Å². The van der Waals surface area contributed by atoms with Gasteiger partial charge in [0.25, 0.3) is 0 Å². The smallest absolute Gasteiger partial charge is 0.335 e. The summed E-state index contributed by atoms with van der Waals surface area (Å²) in [4.78, 5) is 10.9. The Bertz CT molecular complexity index is 470. The van der Waals surface area contributed by atoms with Gasteiger partial charge in [0.1, 0.15) is 0 Å². The molecule has 0 amide bonds. The summed E-state index contributed by atoms with van der Waals surface area (Å²) in [5.41, 5.74) is 2.34. The Hall–Kier alpha value is -1.39. The van der Waals surface area contributed by atoms with Crippen LogP contribution in [0, 0.1) is 6.92 Å². The zero-order valence-corrected chi connectivity index (χ0v) is 12.1. The Balaban J connectivity index is 1.92. The number of aromatic carboxylic acids is 1. The van der Waals surface area contributed by atoms with E-state index in [1.54, 1.807) is 19.2 Å². The first-order valence-corrected chi connectivity index (χ1v) is 7.07. The molecule has 110 valence electrons. The second-order valence-electron chi connectivity index (χ2n) is 5.40. The number of carboxylic acid groups (broad SMARTS) is 1. The maximum absolute atomic E-state index is 10.9. The van der Waals surface area contributed by atoms with Crippen LogP contribution in [0.25, 0.3) is 0 Å². The maximum Gasteiger partial charge on any atom is 0.335 e. The number of aryl methyl sites for hydroxylation is 1. The number of carbonyl (C=O) groups is 1. The Labute approximate surface area is 119 Å². The van der Waals surface area contributed by atoms with E-state index in [0.717, 1.165) is 36.8 Å². The number of carboxylic acids is 1. The summed E-state index contributed by atoms with van der Waals surface area (Å²) >= 11 is 0. The number of methoxy groups -OCH3 is 1. The fourth-order valence-corrected chi connectivity index (χ4v) is 2.67. The van der Waals surface area contributed by atoms with Gasteiger partial charge in [0.2, 0.25) is 0 Å². The first-order chi connectivity index (χ1) is 9.60. The topological polar surface area (TPSA) is 55.8 Å². The van der Waals surface area contributed by atoms with Crippen molar-refractivity contribution in [3.05, 3.63) is 34.9 Å². The third-order valence-corrected chi connectivity index (χ3v) is 3.98. The lowest BCUT2D eigenvalue weighted by Crippen LogP contribution is -2.27. The Morgan fingerprint density at radius 1 is 1.35 bits per heavy atom. The van der Waals surface area contributed by atoms with Gasteiger partial charge >= 0.3 is 5.97 Å². The molecule has 1 saturated carbocycles. The Morgan fingerprint density at radius 3 is 2.75 bits per heavy atom. The number of rotatable bonds is 5. The molecule has 4 heteroatoms. The van der Waals surface area contributed by atoms with Gasteiger partial charge in [-0.05, 0) is 55.9 Å². The zero-order chi connectivity index (χ0) is 14.5. The fraction of sp³-hybridized carbons (Fsp3) is 0.562. The van der Waals surface area contributed by atoms with E-state index in [1.165, 1.54) is 0 Å². The van der Waals surface area contributed by atoms with Crippen LogP contribution in [0.2, 0.25) is 0 Å². The predicted octanol–water partition coefficient (Wildman–Crippen LogP) is 3.17. The van der Waals surface area contributed by atoms with Crippen LogP contribution in [0.3, 0.4) is 0 Å². The van der Waals surface area contributed by atoms with E-state index >= 15 is 0 Å². The summed E-state index contributed by atoms with van der Waals surface area (Å²) in [7, 11) is 1.75. The van der Waals surface area contributed by atoms with Gasteiger partial charge in [-0.3, -0.25) is 0 Å². The van der Waals surface area contributed by atoms with E-state index in [2.05, 4.69) is 0 Å². The summed E-state index contributed by atoms with van der Waals surface area (Å²) in [6.07, 6.45) is 4.83. The van der Waals surface area contributed by atoms with Gasteiger partial charge in [-0.25, -0.2) is 4.79 Å². The molecule has 4 nitrogen and oxygen atoms in total. The summed E-state index contributed by atoms with van der Waals surface area (Å²) in [5, 5.41) is 8.95. The predicted molar refractivity (Wildman–Crippen MR) is 76.0 cm³/mol. The van der Waals surface area contributed by atoms with Crippen molar-refractivity contribution in [3.8, 4) is 0 Å². The quantitative estimate of drug-likeness (QED) is 0.898. The van der Waals surface area contributed by atoms with Crippen molar-refractivity contribution in [3.63, 3.8) is 0 Å². The van der Waals surface area contributed by atoms with Crippen molar-refractivity contribution in [2.24, 2.45) is 0 Å². The maximum atomic E-state index is 10.9. The number of hydrogen-bond donors (Lipinski definition) is 1. The van der Waals surface area contributed by atoms with Gasteiger partial charge in [0.15, 0.2) is 0 Å². The molecule has 1 aliphatic carbocycles. The minimum Gasteiger partial charge on any atom is -0.478 e. The zero-order valence-electron chi connectivity index (χ0n) is 12.1. The average molecular weight is 278 g/mol. The molecule has 2 unspecified atom stereocenters. The van der Waals surface area contributed by atoms with Crippen molar-refractivity contribution in [1.29, 1.82) is 0 Å². The molecule has 0 radical (unpaired) electrons. The lowest BCUT2D eigenvalue weighted by atomic mass is 9.95. The third-order valence-electron chi connectivity index (χ3n) is 3.98. The van der Waals surface area contributed by atoms with E-state index in [0.29, 0.717) is 18.3 Å². The molecule has 0 aromatic heterocycles. The Morgan fingerprint density at radius 2 is 2.10 bits per heavy atom. The number of hydrogen-bond acceptors (Lipinski definition) is 3. The molecular formula is C16H22O4. The molecule has 0 saturated heterocycles. The van der Waals surface area contributed by atoms with E-state index in [9.17, 15) is 4.79 Å². The minimum absolute atomic E-state index is 0.243. The molecule has 1 N–H and O–H groups in total. The second-order valence-corrected chi connectivity index (χ2v) is 5.40. The van der Waals surface area contributed by atoms with E-state index in [-0.39, 0.29) is 6.10 Å². The highest BCUT2D eigenvalue weighted by molar-refractivity contribution is 5.87. The molecule has 0 heterocycles. The molecule has 1 aromatic rings. The van der Waals surface area contributed by atoms with Crippen molar-refractivity contribution < 1.29 is 19.4 Å². The molecule has 0 spiro atoms. The Kier molecular flexibility index (Phi) is 5.15. The van der Waals surface area contributed by atoms with E-state index in [1.807, 2.05) is 13.0 Å². The van der Waals surface area contributed by atoms with Crippen LogP contribution >= 0.6 is 0 Å². The average Bonchev–Trinajstić information content (AvgIpc) is 2.46. The van der Waals surface area contributed by atoms with E-state index < -0.39 is 5.97 Å². The largest absolute Gasteiger partial charge is 0.478 e. The van der Waals surface area contributed by atoms with Crippen LogP contribution in [0.5, 0.6) is 0 Å². The molecule has 2 atom stereocenters. The van der Waals surface area contributed by atoms with Gasteiger partial charge in [-0.15, -0.1) is 0 Å². The van der Waals surface area contributed by atoms with Crippen LogP contribution in [0.1, 0.15) is 47.2 Å². The van der Waals surface area contributed by atoms with Gasteiger partial charge < -0.3 is 14.6 Å². The second kappa shape index (κ2) is 6.86. The fourth-order valence-electron chi connectivity index (χ4n) is 2.67. The van der Waals surface area contributed by atoms with Gasteiger partial charge in [0, 0.05) is 7.11 Å². The van der Waals surface area contributed by atoms with Crippen molar-refractivity contribution in [1.82, 2.24) is 0 Å². The molecule has 1 aromatic carbocycles. The molecule has 0 bridgehead atoms. The highest BCUT2D eigenvalue weighted by Crippen LogP contribution is 2.24. The first-order valence-electron chi connectivity index (χ1n) is 7.07. The van der Waals surface area contributed by atoms with E-state index in [4.69, 9.17) is 14.6 Å². The highest BCUT2D eigenvalue weighted by Gasteiger charge is 2.22. The van der Waals surface area contributed by atoms with Gasteiger partial charge in [-0.2, -0.15) is 0 Å². The van der Waals surface area contributed by atoms with Crippen LogP contribution in [0.15, 0.2) is 18.2 Å². The minimum atomic E-state index is -0.893. The third kappa shape index (κ3) is 3.81. The van der Waals surface area contributed by atoms with Crippen LogP contribution in [0.4, 0.5) is 0 Å². The normalized spacial score (nSPS) is 22.7. The molecule has 1 fully saturated rings. The number of ether oxygens (including phenoxy) is 2. The SMILES string of the molecule is COC1CCCC(OCc2ccc(C(=O)O)cc2C)C1. The van der Waals surface area contributed by atoms with Crippen LogP contribution in [-0.4, -0.2) is 30.4 Å². The van der Waals surface area contributed by atoms with Crippen molar-refractivity contribution in [2.75, 3.05) is 7.11 Å². The van der Waals surface area contributed by atoms with Gasteiger partial charge in [-0.1, -0.05) is 6.07 Å². The summed E-state index contributed by atoms with van der Waals surface area (Å²) in [6.45, 7) is 2.46. The molecule has 20 heavy (non-hydrogen) atoms. The monoisotopic (exact) mass is 278 g/mol. The summed E-state index contributed by atoms with van der Waals surface area (Å²) in [6, 6.07) is 5.17. The molecule has 2 rings (SSSR count). The number of benzene rings is 1. The molecule has 0 aliphatic heterocycles. The molecular weight excluding hydrogens is 256 g/mol. The van der Waals surface area contributed by atoms with Gasteiger partial charge in [0.05, 0.1) is 24.4 Å². The lowest BCUT2D eigenvalue weighted by molar-refractivity contribution is -0.0364. The standard InChI is InChI=1S/C16H22O4/c1-11-8-12(16(17)18)6-7-13(11)10-20-15-5-3-4-14(9-15)19-2/h6-8,14-15H,3-5,9-10H2,1-2H3,(H,17,18). The first kappa shape index (κ1) is 15.0. The lowest BCUT2D eigenvalue weighted by Gasteiger charge is -2.28. The summed E-state index contributed by atoms with van der Waals surface area (Å²) in [5.74, 6) is -0.893. The van der Waals surface area contributed by atoms with Crippen molar-refractivity contribution in [2.45, 2.75) is 51.4 Å². The van der Waals surface area contributed by atoms with Crippen LogP contribution < -0.4 is 0 Å². The molecule has 1 aliphatic rings. The van der Waals surface area contributed by atoms with Crippen molar-refractivity contribution >= 4 is 5.97 Å². The highest BCUT2D eigenvalue weighted by atomic mass is 16.5.